The van der Waals surface area contributed by atoms with Gasteiger partial charge >= 0.3 is 5.97 Å². The molecule has 3 spiro atoms. The van der Waals surface area contributed by atoms with E-state index in [2.05, 4.69) is 27.7 Å². The molecule has 6 aliphatic rings. The van der Waals surface area contributed by atoms with Gasteiger partial charge in [-0.25, -0.2) is 0 Å². The third-order valence-electron chi connectivity index (χ3n) is 13.4. The van der Waals surface area contributed by atoms with Gasteiger partial charge in [-0.1, -0.05) is 48.5 Å². The number of ether oxygens (including phenoxy) is 2. The van der Waals surface area contributed by atoms with Gasteiger partial charge in [0, 0.05) is 35.5 Å². The van der Waals surface area contributed by atoms with Gasteiger partial charge in [-0.15, -0.1) is 0 Å². The molecule has 200 valence electrons. The maximum absolute atomic E-state index is 15.0. The Morgan fingerprint density at radius 1 is 0.889 bits per heavy atom. The second-order valence-corrected chi connectivity index (χ2v) is 14.9. The molecule has 0 amide bonds. The van der Waals surface area contributed by atoms with Gasteiger partial charge in [0.1, 0.15) is 11.6 Å². The lowest BCUT2D eigenvalue weighted by atomic mass is 9.41. The van der Waals surface area contributed by atoms with E-state index in [4.69, 9.17) is 9.47 Å². The van der Waals surface area contributed by atoms with Gasteiger partial charge < -0.3 is 14.6 Å². The van der Waals surface area contributed by atoms with Crippen molar-refractivity contribution < 1.29 is 29.0 Å². The lowest BCUT2D eigenvalue weighted by Gasteiger charge is -2.62. The molecule has 1 N–H and O–H groups in total. The third kappa shape index (κ3) is 2.42. The average Bonchev–Trinajstić information content (AvgIpc) is 3.40. The Morgan fingerprint density at radius 3 is 2.22 bits per heavy atom. The van der Waals surface area contributed by atoms with Gasteiger partial charge in [-0.3, -0.25) is 14.4 Å². The highest BCUT2D eigenvalue weighted by atomic mass is 16.7. The lowest BCUT2D eigenvalue weighted by Crippen LogP contribution is -2.66. The first-order valence-corrected chi connectivity index (χ1v) is 14.2. The quantitative estimate of drug-likeness (QED) is 0.471. The number of fused-ring (bicyclic) bond motifs is 4. The molecule has 36 heavy (non-hydrogen) atoms. The van der Waals surface area contributed by atoms with Crippen molar-refractivity contribution in [3.05, 3.63) is 0 Å². The predicted octanol–water partition coefficient (Wildman–Crippen LogP) is 4.99. The summed E-state index contributed by atoms with van der Waals surface area (Å²) in [7, 11) is 0. The fraction of sp³-hybridized carbons (Fsp3) is 0.900. The number of aliphatic hydroxyl groups is 1. The van der Waals surface area contributed by atoms with Crippen molar-refractivity contribution in [1.29, 1.82) is 0 Å². The first kappa shape index (κ1) is 25.0. The maximum Gasteiger partial charge on any atom is 0.311 e. The zero-order valence-electron chi connectivity index (χ0n) is 23.2. The number of esters is 1. The minimum Gasteiger partial charge on any atom is -0.433 e. The fourth-order valence-electron chi connectivity index (χ4n) is 11.1. The Morgan fingerprint density at radius 2 is 1.58 bits per heavy atom. The summed E-state index contributed by atoms with van der Waals surface area (Å²) < 4.78 is 12.8. The smallest absolute Gasteiger partial charge is 0.311 e. The molecule has 10 unspecified atom stereocenters. The van der Waals surface area contributed by atoms with Crippen LogP contribution in [0.25, 0.3) is 0 Å². The molecule has 6 fully saturated rings. The van der Waals surface area contributed by atoms with Crippen molar-refractivity contribution >= 4 is 17.5 Å². The average molecular weight is 501 g/mol. The molecule has 0 aromatic heterocycles. The van der Waals surface area contributed by atoms with E-state index in [0.29, 0.717) is 44.9 Å². The molecule has 2 saturated heterocycles. The number of carbonyl (C=O) groups excluding carboxylic acids is 3. The van der Waals surface area contributed by atoms with E-state index in [1.807, 2.05) is 20.8 Å². The SMILES string of the molecule is CC1CC2(CC(C)C3(CCC4(C)C(=O)C5(CCC43C)C(O)CC3C(C)(C)C(=O)CCC35C)O2)OC1=O. The molecule has 0 radical (unpaired) electrons. The van der Waals surface area contributed by atoms with Crippen LogP contribution in [-0.2, 0) is 23.9 Å². The minimum atomic E-state index is -0.875. The van der Waals surface area contributed by atoms with E-state index in [-0.39, 0.29) is 35.3 Å². The van der Waals surface area contributed by atoms with Crippen molar-refractivity contribution in [2.75, 3.05) is 0 Å². The highest BCUT2D eigenvalue weighted by Crippen LogP contribution is 2.78. The molecule has 2 aliphatic heterocycles. The third-order valence-corrected chi connectivity index (χ3v) is 13.4. The molecule has 6 heteroatoms. The first-order valence-electron chi connectivity index (χ1n) is 14.2. The first-order chi connectivity index (χ1) is 16.6. The molecule has 4 aliphatic carbocycles. The summed E-state index contributed by atoms with van der Waals surface area (Å²) >= 11 is 0. The molecular weight excluding hydrogens is 456 g/mol. The Balaban J connectivity index is 1.41. The highest BCUT2D eigenvalue weighted by Gasteiger charge is 2.81. The lowest BCUT2D eigenvalue weighted by molar-refractivity contribution is -0.261. The van der Waals surface area contributed by atoms with Crippen LogP contribution in [-0.4, -0.2) is 40.1 Å². The van der Waals surface area contributed by atoms with Crippen LogP contribution in [0.2, 0.25) is 0 Å². The molecule has 2 heterocycles. The van der Waals surface area contributed by atoms with Gasteiger partial charge in [0.25, 0.3) is 0 Å². The van der Waals surface area contributed by atoms with E-state index in [0.717, 1.165) is 12.8 Å². The van der Waals surface area contributed by atoms with E-state index >= 15 is 0 Å². The van der Waals surface area contributed by atoms with Crippen LogP contribution in [0.5, 0.6) is 0 Å². The molecule has 4 saturated carbocycles. The summed E-state index contributed by atoms with van der Waals surface area (Å²) in [5.41, 5.74) is -3.37. The van der Waals surface area contributed by atoms with Crippen molar-refractivity contribution in [3.63, 3.8) is 0 Å². The summed E-state index contributed by atoms with van der Waals surface area (Å²) in [5, 5.41) is 11.7. The van der Waals surface area contributed by atoms with Crippen molar-refractivity contribution in [2.24, 2.45) is 44.8 Å². The second-order valence-electron chi connectivity index (χ2n) is 14.9. The summed E-state index contributed by atoms with van der Waals surface area (Å²) in [6.45, 7) is 14.7. The Hall–Kier alpha value is -1.27. The molecule has 0 aromatic rings. The monoisotopic (exact) mass is 500 g/mol. The van der Waals surface area contributed by atoms with Gasteiger partial charge in [-0.2, -0.15) is 0 Å². The van der Waals surface area contributed by atoms with Crippen LogP contribution in [0, 0.1) is 44.8 Å². The highest BCUT2D eigenvalue weighted by molar-refractivity contribution is 5.95. The van der Waals surface area contributed by atoms with Gasteiger partial charge in [-0.05, 0) is 55.8 Å². The van der Waals surface area contributed by atoms with Crippen LogP contribution >= 0.6 is 0 Å². The number of Topliss-reactive ketones (excluding diaryl/α,β-unsaturated/α-hetero) is 2. The Labute approximate surface area is 215 Å². The van der Waals surface area contributed by atoms with E-state index < -0.39 is 44.6 Å². The van der Waals surface area contributed by atoms with Crippen molar-refractivity contribution in [2.45, 2.75) is 124 Å². The molecular formula is C30H44O6. The Bertz CT molecular complexity index is 1070. The summed E-state index contributed by atoms with van der Waals surface area (Å²) in [5.74, 6) is -0.632. The zero-order valence-corrected chi connectivity index (χ0v) is 23.2. The molecule has 0 bridgehead atoms. The topological polar surface area (TPSA) is 89.9 Å². The fourth-order valence-corrected chi connectivity index (χ4v) is 11.1. The van der Waals surface area contributed by atoms with Crippen LogP contribution in [0.1, 0.15) is 106 Å². The molecule has 6 rings (SSSR count). The number of aliphatic hydroxyl groups excluding tert-OH is 1. The summed E-state index contributed by atoms with van der Waals surface area (Å²) in [6, 6.07) is 0. The largest absolute Gasteiger partial charge is 0.433 e. The van der Waals surface area contributed by atoms with Crippen LogP contribution in [0.3, 0.4) is 0 Å². The van der Waals surface area contributed by atoms with Gasteiger partial charge in [0.05, 0.1) is 23.0 Å². The molecule has 6 nitrogen and oxygen atoms in total. The molecule has 0 aromatic carbocycles. The van der Waals surface area contributed by atoms with Gasteiger partial charge in [0.15, 0.2) is 0 Å². The van der Waals surface area contributed by atoms with Crippen molar-refractivity contribution in [1.82, 2.24) is 0 Å². The van der Waals surface area contributed by atoms with Gasteiger partial charge in [0.2, 0.25) is 5.79 Å². The molecule has 10 atom stereocenters. The standard InChI is InChI=1S/C30H44O6/c1-17-15-28(35-22(17)33)16-18(2)30(36-28)13-10-26(6)23(34)29(12-11-27(26,30)7)21(32)14-19-24(3,4)20(31)8-9-25(19,29)5/h17-19,21,32H,8-16H2,1-7H3. The van der Waals surface area contributed by atoms with Crippen LogP contribution in [0.15, 0.2) is 0 Å². The van der Waals surface area contributed by atoms with Crippen molar-refractivity contribution in [3.8, 4) is 0 Å². The van der Waals surface area contributed by atoms with E-state index in [1.165, 1.54) is 0 Å². The van der Waals surface area contributed by atoms with Crippen LogP contribution < -0.4 is 0 Å². The predicted molar refractivity (Wildman–Crippen MR) is 133 cm³/mol. The summed E-state index contributed by atoms with van der Waals surface area (Å²) in [6.07, 6.45) is 5.06. The zero-order chi connectivity index (χ0) is 26.3. The number of ketones is 2. The number of hydrogen-bond donors (Lipinski definition) is 1. The van der Waals surface area contributed by atoms with E-state index in [9.17, 15) is 19.5 Å². The Kier molecular flexibility index (Phi) is 4.75. The minimum absolute atomic E-state index is 0.00201. The van der Waals surface area contributed by atoms with E-state index in [1.54, 1.807) is 0 Å². The maximum atomic E-state index is 15.0. The number of rotatable bonds is 0. The normalized spacial score (nSPS) is 57.6. The second kappa shape index (κ2) is 6.83. The summed E-state index contributed by atoms with van der Waals surface area (Å²) in [4.78, 5) is 40.3. The number of carbonyl (C=O) groups is 3. The van der Waals surface area contributed by atoms with Crippen LogP contribution in [0.4, 0.5) is 0 Å². The number of hydrogen-bond acceptors (Lipinski definition) is 6.